The molecule has 218 valence electrons. The van der Waals surface area contributed by atoms with Gasteiger partial charge < -0.3 is 41.3 Å². The zero-order valence-electron chi connectivity index (χ0n) is 23.3. The summed E-state index contributed by atoms with van der Waals surface area (Å²) < 4.78 is 5.66. The van der Waals surface area contributed by atoms with Gasteiger partial charge in [-0.1, -0.05) is 26.0 Å². The standard InChI is InChI=1S/C31H36N2O8/c1-14(2)12-33-13-15-4-7-23(41-3)19(8-15)18-5-6-21(34)25-20(18)10-16-9-17-11-22(35)27(30(32)38)31(39,40)26(17)29(37)24(16)28(25)36/h4-8,14,16-17,26,33-35,37,39-40H,9-13H2,1-3H3,(H2,32,38). The van der Waals surface area contributed by atoms with Crippen molar-refractivity contribution in [2.45, 2.75) is 45.4 Å². The van der Waals surface area contributed by atoms with Crippen LogP contribution in [0.4, 0.5) is 0 Å². The number of benzene rings is 2. The van der Waals surface area contributed by atoms with Crippen molar-refractivity contribution in [1.82, 2.24) is 5.32 Å². The fraction of sp³-hybridized carbons (Fsp3) is 0.419. The van der Waals surface area contributed by atoms with E-state index in [-0.39, 0.29) is 36.1 Å². The Hall–Kier alpha value is -3.86. The second kappa shape index (κ2) is 10.5. The number of phenols is 1. The van der Waals surface area contributed by atoms with Crippen molar-refractivity contribution >= 4 is 11.7 Å². The first kappa shape index (κ1) is 28.7. The Morgan fingerprint density at radius 1 is 1.12 bits per heavy atom. The lowest BCUT2D eigenvalue weighted by atomic mass is 9.60. The molecule has 0 fully saturated rings. The molecule has 0 spiro atoms. The van der Waals surface area contributed by atoms with Gasteiger partial charge >= 0.3 is 0 Å². The molecular formula is C31H36N2O8. The van der Waals surface area contributed by atoms with Gasteiger partial charge in [0.15, 0.2) is 5.78 Å². The van der Waals surface area contributed by atoms with Gasteiger partial charge in [-0.15, -0.1) is 0 Å². The van der Waals surface area contributed by atoms with Crippen LogP contribution in [-0.4, -0.2) is 56.7 Å². The van der Waals surface area contributed by atoms with E-state index in [2.05, 4.69) is 19.2 Å². The summed E-state index contributed by atoms with van der Waals surface area (Å²) in [6.07, 6.45) is 0.371. The third kappa shape index (κ3) is 4.75. The Morgan fingerprint density at radius 3 is 2.51 bits per heavy atom. The number of carbonyl (C=O) groups excluding carboxylic acids is 2. The number of phenolic OH excluding ortho intramolecular Hbond substituents is 1. The number of primary amides is 1. The minimum Gasteiger partial charge on any atom is -0.512 e. The van der Waals surface area contributed by atoms with Gasteiger partial charge in [0.1, 0.15) is 28.6 Å². The number of rotatable bonds is 7. The van der Waals surface area contributed by atoms with Crippen molar-refractivity contribution < 1.29 is 39.9 Å². The number of allylic oxidation sites excluding steroid dienone is 2. The summed E-state index contributed by atoms with van der Waals surface area (Å²) in [5, 5.41) is 57.8. The van der Waals surface area contributed by atoms with Gasteiger partial charge in [-0.2, -0.15) is 0 Å². The topological polar surface area (TPSA) is 183 Å². The highest BCUT2D eigenvalue weighted by atomic mass is 16.5. The Balaban J connectivity index is 1.60. The Kier molecular flexibility index (Phi) is 7.35. The number of Topliss-reactive ketones (excluding diaryl/α,β-unsaturated/α-hetero) is 1. The van der Waals surface area contributed by atoms with Crippen molar-refractivity contribution in [1.29, 1.82) is 0 Å². The number of hydrogen-bond acceptors (Lipinski definition) is 9. The van der Waals surface area contributed by atoms with Crippen LogP contribution in [0.3, 0.4) is 0 Å². The van der Waals surface area contributed by atoms with Crippen molar-refractivity contribution in [3.63, 3.8) is 0 Å². The molecule has 2 aromatic carbocycles. The summed E-state index contributed by atoms with van der Waals surface area (Å²) in [4.78, 5) is 25.8. The lowest BCUT2D eigenvalue weighted by Crippen LogP contribution is -2.54. The Labute approximate surface area is 237 Å². The number of aliphatic hydroxyl groups is 4. The predicted molar refractivity (Wildman–Crippen MR) is 150 cm³/mol. The highest BCUT2D eigenvalue weighted by molar-refractivity contribution is 6.14. The molecule has 0 saturated heterocycles. The molecule has 0 aromatic heterocycles. The van der Waals surface area contributed by atoms with Crippen LogP contribution in [0.5, 0.6) is 11.5 Å². The summed E-state index contributed by atoms with van der Waals surface area (Å²) in [7, 11) is 1.56. The fourth-order valence-corrected chi connectivity index (χ4v) is 6.78. The number of aromatic hydroxyl groups is 1. The first-order valence-electron chi connectivity index (χ1n) is 13.7. The van der Waals surface area contributed by atoms with E-state index in [1.807, 2.05) is 18.2 Å². The van der Waals surface area contributed by atoms with E-state index in [9.17, 15) is 35.1 Å². The van der Waals surface area contributed by atoms with E-state index < -0.39 is 52.3 Å². The minimum absolute atomic E-state index is 0.0231. The zero-order valence-corrected chi connectivity index (χ0v) is 23.3. The number of methoxy groups -OCH3 is 1. The van der Waals surface area contributed by atoms with Gasteiger partial charge in [-0.3, -0.25) is 9.59 Å². The highest BCUT2D eigenvalue weighted by Crippen LogP contribution is 2.54. The second-order valence-corrected chi connectivity index (χ2v) is 11.7. The molecule has 0 bridgehead atoms. The number of fused-ring (bicyclic) bond motifs is 3. The molecule has 8 N–H and O–H groups in total. The van der Waals surface area contributed by atoms with E-state index in [1.54, 1.807) is 13.2 Å². The summed E-state index contributed by atoms with van der Waals surface area (Å²) in [6.45, 7) is 5.74. The molecule has 3 aliphatic rings. The molecule has 0 radical (unpaired) electrons. The maximum absolute atomic E-state index is 13.9. The number of hydrogen-bond donors (Lipinski definition) is 7. The average molecular weight is 565 g/mol. The lowest BCUT2D eigenvalue weighted by molar-refractivity contribution is -0.194. The van der Waals surface area contributed by atoms with Gasteiger partial charge in [0, 0.05) is 24.1 Å². The zero-order chi connectivity index (χ0) is 29.8. The van der Waals surface area contributed by atoms with Crippen LogP contribution in [-0.2, 0) is 17.8 Å². The fourth-order valence-electron chi connectivity index (χ4n) is 6.78. The smallest absolute Gasteiger partial charge is 0.253 e. The number of ketones is 1. The number of ether oxygens (including phenoxy) is 1. The van der Waals surface area contributed by atoms with E-state index in [1.165, 1.54) is 6.07 Å². The van der Waals surface area contributed by atoms with Crippen LogP contribution in [0.1, 0.15) is 48.2 Å². The molecule has 0 heterocycles. The van der Waals surface area contributed by atoms with Gasteiger partial charge in [-0.05, 0) is 72.0 Å². The summed E-state index contributed by atoms with van der Waals surface area (Å²) in [5.41, 5.74) is 7.55. The Bertz CT molecular complexity index is 1490. The van der Waals surface area contributed by atoms with Gasteiger partial charge in [-0.25, -0.2) is 0 Å². The molecule has 3 atom stereocenters. The molecule has 3 unspecified atom stereocenters. The molecule has 41 heavy (non-hydrogen) atoms. The van der Waals surface area contributed by atoms with Crippen LogP contribution in [0.15, 0.2) is 53.0 Å². The number of amides is 1. The summed E-state index contributed by atoms with van der Waals surface area (Å²) in [6, 6.07) is 8.99. The molecular weight excluding hydrogens is 528 g/mol. The molecule has 10 nitrogen and oxygen atoms in total. The molecule has 0 saturated carbocycles. The van der Waals surface area contributed by atoms with Crippen LogP contribution >= 0.6 is 0 Å². The van der Waals surface area contributed by atoms with Crippen LogP contribution in [0.25, 0.3) is 11.1 Å². The van der Waals surface area contributed by atoms with E-state index >= 15 is 0 Å². The molecule has 3 aliphatic carbocycles. The number of nitrogens with two attached hydrogens (primary N) is 1. The minimum atomic E-state index is -2.97. The molecule has 10 heteroatoms. The predicted octanol–water partition coefficient (Wildman–Crippen LogP) is 3.00. The van der Waals surface area contributed by atoms with Crippen LogP contribution < -0.4 is 15.8 Å². The quantitative estimate of drug-likeness (QED) is 0.249. The van der Waals surface area contributed by atoms with E-state index in [0.717, 1.165) is 17.7 Å². The van der Waals surface area contributed by atoms with Crippen molar-refractivity contribution in [3.05, 3.63) is 69.7 Å². The van der Waals surface area contributed by atoms with Crippen molar-refractivity contribution in [3.8, 4) is 22.6 Å². The van der Waals surface area contributed by atoms with E-state index in [4.69, 9.17) is 10.5 Å². The van der Waals surface area contributed by atoms with E-state index in [0.29, 0.717) is 29.3 Å². The molecule has 2 aromatic rings. The van der Waals surface area contributed by atoms with Crippen molar-refractivity contribution in [2.24, 2.45) is 29.4 Å². The molecule has 1 amide bonds. The average Bonchev–Trinajstić information content (AvgIpc) is 2.87. The number of nitrogens with one attached hydrogen (secondary N) is 1. The second-order valence-electron chi connectivity index (χ2n) is 11.7. The van der Waals surface area contributed by atoms with Crippen LogP contribution in [0, 0.1) is 23.7 Å². The largest absolute Gasteiger partial charge is 0.512 e. The summed E-state index contributed by atoms with van der Waals surface area (Å²) >= 11 is 0. The Morgan fingerprint density at radius 2 is 1.85 bits per heavy atom. The van der Waals surface area contributed by atoms with Gasteiger partial charge in [0.05, 0.1) is 18.6 Å². The maximum atomic E-state index is 13.9. The van der Waals surface area contributed by atoms with Crippen molar-refractivity contribution in [2.75, 3.05) is 13.7 Å². The lowest BCUT2D eigenvalue weighted by Gasteiger charge is -2.46. The first-order valence-corrected chi connectivity index (χ1v) is 13.7. The monoisotopic (exact) mass is 564 g/mol. The summed E-state index contributed by atoms with van der Waals surface area (Å²) in [5.74, 6) is -7.78. The SMILES string of the molecule is COc1ccc(CNCC(C)C)cc1-c1ccc(O)c2c1CC1CC3CC(O)=C(C(N)=O)C(O)(O)C3C(O)=C1C2=O. The third-order valence-corrected chi connectivity index (χ3v) is 8.48. The third-order valence-electron chi connectivity index (χ3n) is 8.48. The first-order chi connectivity index (χ1) is 19.4. The van der Waals surface area contributed by atoms with Crippen LogP contribution in [0.2, 0.25) is 0 Å². The van der Waals surface area contributed by atoms with Gasteiger partial charge in [0.25, 0.3) is 5.91 Å². The maximum Gasteiger partial charge on any atom is 0.253 e. The highest BCUT2D eigenvalue weighted by Gasteiger charge is 2.57. The molecule has 5 rings (SSSR count). The normalized spacial score (nSPS) is 23.3. The number of aliphatic hydroxyl groups excluding tert-OH is 2. The molecule has 0 aliphatic heterocycles. The van der Waals surface area contributed by atoms with Gasteiger partial charge in [0.2, 0.25) is 5.79 Å². The number of carbonyl (C=O) groups is 2.